The summed E-state index contributed by atoms with van der Waals surface area (Å²) in [7, 11) is 0. The van der Waals surface area contributed by atoms with Gasteiger partial charge in [-0.2, -0.15) is 0 Å². The van der Waals surface area contributed by atoms with Crippen molar-refractivity contribution >= 4 is 22.5 Å². The number of hydrogen-bond donors (Lipinski definition) is 3. The Morgan fingerprint density at radius 3 is 3.00 bits per heavy atom. The van der Waals surface area contributed by atoms with Crippen LogP contribution >= 0.6 is 0 Å². The molecule has 5 heteroatoms. The van der Waals surface area contributed by atoms with Crippen LogP contribution in [0.15, 0.2) is 55.0 Å². The fourth-order valence-corrected chi connectivity index (χ4v) is 2.28. The van der Waals surface area contributed by atoms with Gasteiger partial charge in [0.2, 0.25) is 0 Å². The average Bonchev–Trinajstić information content (AvgIpc) is 3.03. The fraction of sp³-hybridized carbons (Fsp3) is 0.176. The number of pyridine rings is 1. The second-order valence-electron chi connectivity index (χ2n) is 5.06. The molecule has 5 nitrogen and oxygen atoms in total. The SMILES string of the molecule is O=C(NCCCNc1cccnc1)c1ccc2cc[nH]c2c1. The van der Waals surface area contributed by atoms with Crippen LogP contribution in [0.2, 0.25) is 0 Å². The van der Waals surface area contributed by atoms with Gasteiger partial charge in [-0.25, -0.2) is 0 Å². The summed E-state index contributed by atoms with van der Waals surface area (Å²) in [5.74, 6) is -0.0436. The summed E-state index contributed by atoms with van der Waals surface area (Å²) in [5.41, 5.74) is 2.65. The average molecular weight is 294 g/mol. The van der Waals surface area contributed by atoms with Crippen LogP contribution in [0.3, 0.4) is 0 Å². The van der Waals surface area contributed by atoms with Crippen molar-refractivity contribution in [1.82, 2.24) is 15.3 Å². The van der Waals surface area contributed by atoms with Crippen LogP contribution in [0.25, 0.3) is 10.9 Å². The third kappa shape index (κ3) is 3.44. The van der Waals surface area contributed by atoms with E-state index < -0.39 is 0 Å². The second-order valence-corrected chi connectivity index (χ2v) is 5.06. The minimum atomic E-state index is -0.0436. The summed E-state index contributed by atoms with van der Waals surface area (Å²) in [5, 5.41) is 7.30. The van der Waals surface area contributed by atoms with Gasteiger partial charge in [0.25, 0.3) is 5.91 Å². The first kappa shape index (κ1) is 14.1. The van der Waals surface area contributed by atoms with E-state index in [0.717, 1.165) is 29.6 Å². The number of H-pyrrole nitrogens is 1. The molecule has 22 heavy (non-hydrogen) atoms. The maximum absolute atomic E-state index is 12.1. The molecule has 2 heterocycles. The van der Waals surface area contributed by atoms with E-state index in [4.69, 9.17) is 0 Å². The van der Waals surface area contributed by atoms with Crippen LogP contribution < -0.4 is 10.6 Å². The molecule has 1 aromatic carbocycles. The molecule has 3 aromatic rings. The normalized spacial score (nSPS) is 10.5. The Hall–Kier alpha value is -2.82. The number of anilines is 1. The number of aromatic nitrogens is 2. The molecule has 0 atom stereocenters. The van der Waals surface area contributed by atoms with E-state index in [2.05, 4.69) is 20.6 Å². The number of nitrogens with zero attached hydrogens (tertiary/aromatic N) is 1. The Morgan fingerprint density at radius 1 is 1.18 bits per heavy atom. The zero-order valence-corrected chi connectivity index (χ0v) is 12.2. The molecule has 0 fully saturated rings. The predicted octanol–water partition coefficient (Wildman–Crippen LogP) is 2.79. The van der Waals surface area contributed by atoms with Crippen molar-refractivity contribution in [3.63, 3.8) is 0 Å². The van der Waals surface area contributed by atoms with E-state index >= 15 is 0 Å². The highest BCUT2D eigenvalue weighted by Gasteiger charge is 2.05. The van der Waals surface area contributed by atoms with Gasteiger partial charge in [0, 0.05) is 42.8 Å². The smallest absolute Gasteiger partial charge is 0.251 e. The zero-order chi connectivity index (χ0) is 15.2. The van der Waals surface area contributed by atoms with E-state index in [9.17, 15) is 4.79 Å². The van der Waals surface area contributed by atoms with Gasteiger partial charge in [-0.3, -0.25) is 9.78 Å². The number of carbonyl (C=O) groups is 1. The first-order valence-corrected chi connectivity index (χ1v) is 7.32. The quantitative estimate of drug-likeness (QED) is 0.612. The Labute approximate surface area is 128 Å². The molecule has 1 amide bonds. The second kappa shape index (κ2) is 6.76. The molecule has 3 rings (SSSR count). The Morgan fingerprint density at radius 2 is 2.14 bits per heavy atom. The molecular weight excluding hydrogens is 276 g/mol. The maximum atomic E-state index is 12.1. The molecule has 0 unspecified atom stereocenters. The number of nitrogens with one attached hydrogen (secondary N) is 3. The third-order valence-electron chi connectivity index (χ3n) is 3.45. The van der Waals surface area contributed by atoms with Gasteiger partial charge in [0.1, 0.15) is 0 Å². The molecule has 0 aliphatic heterocycles. The highest BCUT2D eigenvalue weighted by molar-refractivity contribution is 5.97. The predicted molar refractivity (Wildman–Crippen MR) is 88.0 cm³/mol. The molecule has 2 aromatic heterocycles. The van der Waals surface area contributed by atoms with Crippen molar-refractivity contribution in [2.24, 2.45) is 0 Å². The van der Waals surface area contributed by atoms with Crippen molar-refractivity contribution in [2.75, 3.05) is 18.4 Å². The number of hydrogen-bond acceptors (Lipinski definition) is 3. The molecule has 0 aliphatic carbocycles. The monoisotopic (exact) mass is 294 g/mol. The number of aromatic amines is 1. The highest BCUT2D eigenvalue weighted by atomic mass is 16.1. The van der Waals surface area contributed by atoms with Crippen molar-refractivity contribution in [3.05, 3.63) is 60.6 Å². The lowest BCUT2D eigenvalue weighted by Crippen LogP contribution is -2.25. The lowest BCUT2D eigenvalue weighted by atomic mass is 10.1. The number of amides is 1. The largest absolute Gasteiger partial charge is 0.384 e. The molecule has 0 saturated carbocycles. The Bertz CT molecular complexity index is 751. The molecule has 3 N–H and O–H groups in total. The number of benzene rings is 1. The van der Waals surface area contributed by atoms with Crippen LogP contribution in [0.4, 0.5) is 5.69 Å². The van der Waals surface area contributed by atoms with Crippen LogP contribution in [-0.4, -0.2) is 29.0 Å². The Kier molecular flexibility index (Phi) is 4.34. The standard InChI is InChI=1S/C17H18N4O/c22-17(14-5-4-13-6-10-20-16(13)11-14)21-9-2-8-19-15-3-1-7-18-12-15/h1,3-7,10-12,19-20H,2,8-9H2,(H,21,22). The molecule has 112 valence electrons. The van der Waals surface area contributed by atoms with Crippen molar-refractivity contribution in [1.29, 1.82) is 0 Å². The number of fused-ring (bicyclic) bond motifs is 1. The summed E-state index contributed by atoms with van der Waals surface area (Å²) < 4.78 is 0. The van der Waals surface area contributed by atoms with E-state index in [-0.39, 0.29) is 5.91 Å². The van der Waals surface area contributed by atoms with Crippen LogP contribution in [0, 0.1) is 0 Å². The van der Waals surface area contributed by atoms with E-state index in [1.54, 1.807) is 12.4 Å². The minimum Gasteiger partial charge on any atom is -0.384 e. The van der Waals surface area contributed by atoms with Gasteiger partial charge < -0.3 is 15.6 Å². The van der Waals surface area contributed by atoms with Gasteiger partial charge in [0.15, 0.2) is 0 Å². The van der Waals surface area contributed by atoms with E-state index in [1.165, 1.54) is 0 Å². The Balaban J connectivity index is 1.44. The molecule has 0 aliphatic rings. The van der Waals surface area contributed by atoms with E-state index in [1.807, 2.05) is 42.6 Å². The molecule has 0 saturated heterocycles. The molecule has 0 bridgehead atoms. The number of rotatable bonds is 6. The first-order valence-electron chi connectivity index (χ1n) is 7.32. The first-order chi connectivity index (χ1) is 10.8. The van der Waals surface area contributed by atoms with Gasteiger partial charge in [-0.1, -0.05) is 6.07 Å². The maximum Gasteiger partial charge on any atom is 0.251 e. The topological polar surface area (TPSA) is 69.8 Å². The highest BCUT2D eigenvalue weighted by Crippen LogP contribution is 2.14. The number of carbonyl (C=O) groups excluding carboxylic acids is 1. The molecule has 0 radical (unpaired) electrons. The fourth-order valence-electron chi connectivity index (χ4n) is 2.28. The summed E-state index contributed by atoms with van der Waals surface area (Å²) in [6.45, 7) is 1.43. The van der Waals surface area contributed by atoms with Gasteiger partial charge >= 0.3 is 0 Å². The summed E-state index contributed by atoms with van der Waals surface area (Å²) in [6, 6.07) is 11.5. The summed E-state index contributed by atoms with van der Waals surface area (Å²) in [4.78, 5) is 19.2. The molecule has 0 spiro atoms. The lowest BCUT2D eigenvalue weighted by Gasteiger charge is -2.07. The van der Waals surface area contributed by atoms with Crippen molar-refractivity contribution in [2.45, 2.75) is 6.42 Å². The van der Waals surface area contributed by atoms with Gasteiger partial charge in [-0.15, -0.1) is 0 Å². The minimum absolute atomic E-state index is 0.0436. The third-order valence-corrected chi connectivity index (χ3v) is 3.45. The van der Waals surface area contributed by atoms with Crippen molar-refractivity contribution in [3.8, 4) is 0 Å². The van der Waals surface area contributed by atoms with Crippen molar-refractivity contribution < 1.29 is 4.79 Å². The van der Waals surface area contributed by atoms with E-state index in [0.29, 0.717) is 12.1 Å². The molecular formula is C17H18N4O. The summed E-state index contributed by atoms with van der Waals surface area (Å²) in [6.07, 6.45) is 6.25. The zero-order valence-electron chi connectivity index (χ0n) is 12.2. The summed E-state index contributed by atoms with van der Waals surface area (Å²) >= 11 is 0. The van der Waals surface area contributed by atoms with Gasteiger partial charge in [0.05, 0.1) is 5.69 Å². The van der Waals surface area contributed by atoms with Gasteiger partial charge in [-0.05, 0) is 42.1 Å². The van der Waals surface area contributed by atoms with Crippen LogP contribution in [0.5, 0.6) is 0 Å². The van der Waals surface area contributed by atoms with Crippen LogP contribution in [-0.2, 0) is 0 Å². The van der Waals surface area contributed by atoms with Crippen LogP contribution in [0.1, 0.15) is 16.8 Å². The lowest BCUT2D eigenvalue weighted by molar-refractivity contribution is 0.0953.